The average molecular weight is 279 g/mol. The Balaban J connectivity index is 1.70. The van der Waals surface area contributed by atoms with Crippen LogP contribution in [0.3, 0.4) is 0 Å². The fourth-order valence-electron chi connectivity index (χ4n) is 2.12. The van der Waals surface area contributed by atoms with Crippen molar-refractivity contribution in [1.82, 2.24) is 14.5 Å². The van der Waals surface area contributed by atoms with Crippen LogP contribution in [0.1, 0.15) is 25.5 Å². The lowest BCUT2D eigenvalue weighted by atomic mass is 10.2. The third-order valence-electron chi connectivity index (χ3n) is 3.07. The van der Waals surface area contributed by atoms with E-state index in [1.54, 1.807) is 24.7 Å². The van der Waals surface area contributed by atoms with Crippen molar-refractivity contribution in [2.75, 3.05) is 11.9 Å². The summed E-state index contributed by atoms with van der Waals surface area (Å²) in [5.74, 6) is 1.42. The Kier molecular flexibility index (Phi) is 3.66. The van der Waals surface area contributed by atoms with Crippen molar-refractivity contribution in [3.8, 4) is 0 Å². The van der Waals surface area contributed by atoms with Gasteiger partial charge in [-0.3, -0.25) is 0 Å². The van der Waals surface area contributed by atoms with Crippen LogP contribution in [0.2, 0.25) is 5.02 Å². The van der Waals surface area contributed by atoms with E-state index in [2.05, 4.69) is 15.3 Å². The minimum atomic E-state index is 0.101. The molecule has 0 aliphatic carbocycles. The lowest BCUT2D eigenvalue weighted by Gasteiger charge is -2.23. The SMILES string of the molecule is Clc1ccnc(Nc2cn(C3CCCCO3)cn2)c1. The minimum absolute atomic E-state index is 0.101. The molecule has 6 heteroatoms. The van der Waals surface area contributed by atoms with Gasteiger partial charge in [0.05, 0.1) is 12.5 Å². The van der Waals surface area contributed by atoms with Gasteiger partial charge >= 0.3 is 0 Å². The molecular formula is C13H15ClN4O. The number of aromatic nitrogens is 3. The van der Waals surface area contributed by atoms with E-state index in [-0.39, 0.29) is 6.23 Å². The minimum Gasteiger partial charge on any atom is -0.358 e. The lowest BCUT2D eigenvalue weighted by molar-refractivity contribution is -0.0319. The monoisotopic (exact) mass is 278 g/mol. The van der Waals surface area contributed by atoms with Gasteiger partial charge in [0.15, 0.2) is 0 Å². The molecule has 0 bridgehead atoms. The summed E-state index contributed by atoms with van der Waals surface area (Å²) in [6.07, 6.45) is 8.84. The number of rotatable bonds is 3. The van der Waals surface area contributed by atoms with Crippen molar-refractivity contribution in [1.29, 1.82) is 0 Å². The van der Waals surface area contributed by atoms with Gasteiger partial charge in [0.2, 0.25) is 0 Å². The van der Waals surface area contributed by atoms with E-state index in [9.17, 15) is 0 Å². The molecule has 100 valence electrons. The van der Waals surface area contributed by atoms with Crippen LogP contribution >= 0.6 is 11.6 Å². The topological polar surface area (TPSA) is 52.0 Å². The molecule has 0 aromatic carbocycles. The molecule has 5 nitrogen and oxygen atoms in total. The van der Waals surface area contributed by atoms with Crippen LogP contribution in [0.5, 0.6) is 0 Å². The second-order valence-corrected chi connectivity index (χ2v) is 4.95. The van der Waals surface area contributed by atoms with Crippen molar-refractivity contribution in [3.63, 3.8) is 0 Å². The Hall–Kier alpha value is -1.59. The zero-order valence-electron chi connectivity index (χ0n) is 10.4. The molecule has 1 saturated heterocycles. The molecule has 1 fully saturated rings. The maximum absolute atomic E-state index is 5.91. The first-order valence-electron chi connectivity index (χ1n) is 6.35. The molecule has 0 spiro atoms. The number of nitrogens with zero attached hydrogens (tertiary/aromatic N) is 3. The highest BCUT2D eigenvalue weighted by Gasteiger charge is 2.15. The van der Waals surface area contributed by atoms with Gasteiger partial charge in [0, 0.05) is 17.8 Å². The van der Waals surface area contributed by atoms with Gasteiger partial charge in [-0.15, -0.1) is 0 Å². The zero-order valence-corrected chi connectivity index (χ0v) is 11.2. The molecule has 3 rings (SSSR count). The summed E-state index contributed by atoms with van der Waals surface area (Å²) in [7, 11) is 0. The van der Waals surface area contributed by atoms with Crippen LogP contribution in [0, 0.1) is 0 Å². The molecule has 0 amide bonds. The van der Waals surface area contributed by atoms with E-state index in [1.807, 2.05) is 10.8 Å². The van der Waals surface area contributed by atoms with E-state index in [0.717, 1.165) is 25.3 Å². The highest BCUT2D eigenvalue weighted by Crippen LogP contribution is 2.24. The summed E-state index contributed by atoms with van der Waals surface area (Å²) in [4.78, 5) is 8.49. The van der Waals surface area contributed by atoms with Crippen molar-refractivity contribution in [2.24, 2.45) is 0 Å². The van der Waals surface area contributed by atoms with E-state index in [0.29, 0.717) is 10.8 Å². The number of halogens is 1. The molecule has 1 atom stereocenters. The van der Waals surface area contributed by atoms with Crippen molar-refractivity contribution in [3.05, 3.63) is 35.9 Å². The first-order valence-corrected chi connectivity index (χ1v) is 6.73. The van der Waals surface area contributed by atoms with Crippen LogP contribution in [0.25, 0.3) is 0 Å². The zero-order chi connectivity index (χ0) is 13.1. The van der Waals surface area contributed by atoms with E-state index < -0.39 is 0 Å². The molecule has 1 N–H and O–H groups in total. The van der Waals surface area contributed by atoms with Gasteiger partial charge in [-0.25, -0.2) is 9.97 Å². The second kappa shape index (κ2) is 5.59. The van der Waals surface area contributed by atoms with Crippen LogP contribution in [0.15, 0.2) is 30.9 Å². The second-order valence-electron chi connectivity index (χ2n) is 4.51. The fraction of sp³-hybridized carbons (Fsp3) is 0.385. The summed E-state index contributed by atoms with van der Waals surface area (Å²) >= 11 is 5.91. The van der Waals surface area contributed by atoms with Gasteiger partial charge in [-0.1, -0.05) is 11.6 Å². The van der Waals surface area contributed by atoms with Crippen LogP contribution in [-0.2, 0) is 4.74 Å². The summed E-state index contributed by atoms with van der Waals surface area (Å²) in [5.41, 5.74) is 0. The maximum atomic E-state index is 5.91. The summed E-state index contributed by atoms with van der Waals surface area (Å²) < 4.78 is 7.70. The molecule has 3 heterocycles. The molecule has 0 saturated carbocycles. The van der Waals surface area contributed by atoms with E-state index in [4.69, 9.17) is 16.3 Å². The molecule has 0 radical (unpaired) electrons. The van der Waals surface area contributed by atoms with Gasteiger partial charge in [-0.05, 0) is 31.4 Å². The third kappa shape index (κ3) is 3.05. The van der Waals surface area contributed by atoms with Crippen molar-refractivity contribution < 1.29 is 4.74 Å². The predicted molar refractivity (Wildman–Crippen MR) is 73.6 cm³/mol. The number of pyridine rings is 1. The molecular weight excluding hydrogens is 264 g/mol. The number of anilines is 2. The number of nitrogens with one attached hydrogen (secondary N) is 1. The van der Waals surface area contributed by atoms with Crippen molar-refractivity contribution in [2.45, 2.75) is 25.5 Å². The van der Waals surface area contributed by atoms with Crippen LogP contribution < -0.4 is 5.32 Å². The number of ether oxygens (including phenoxy) is 1. The molecule has 2 aromatic heterocycles. The third-order valence-corrected chi connectivity index (χ3v) is 3.30. The summed E-state index contributed by atoms with van der Waals surface area (Å²) in [6, 6.07) is 3.50. The Morgan fingerprint density at radius 3 is 3.05 bits per heavy atom. The number of imidazole rings is 1. The number of hydrogen-bond donors (Lipinski definition) is 1. The Morgan fingerprint density at radius 2 is 2.26 bits per heavy atom. The summed E-state index contributed by atoms with van der Waals surface area (Å²) in [6.45, 7) is 0.821. The Morgan fingerprint density at radius 1 is 1.32 bits per heavy atom. The molecule has 2 aromatic rings. The highest BCUT2D eigenvalue weighted by atomic mass is 35.5. The lowest BCUT2D eigenvalue weighted by Crippen LogP contribution is -2.16. The quantitative estimate of drug-likeness (QED) is 0.935. The predicted octanol–water partition coefficient (Wildman–Crippen LogP) is 3.37. The smallest absolute Gasteiger partial charge is 0.149 e. The van der Waals surface area contributed by atoms with Crippen molar-refractivity contribution >= 4 is 23.2 Å². The highest BCUT2D eigenvalue weighted by molar-refractivity contribution is 6.30. The normalized spacial score (nSPS) is 19.3. The van der Waals surface area contributed by atoms with Gasteiger partial charge in [0.25, 0.3) is 0 Å². The Bertz CT molecular complexity index is 551. The van der Waals surface area contributed by atoms with Crippen LogP contribution in [0.4, 0.5) is 11.6 Å². The Labute approximate surface area is 116 Å². The first kappa shape index (κ1) is 12.4. The van der Waals surface area contributed by atoms with E-state index in [1.165, 1.54) is 6.42 Å². The molecule has 1 aliphatic rings. The van der Waals surface area contributed by atoms with Gasteiger partial charge in [-0.2, -0.15) is 0 Å². The maximum Gasteiger partial charge on any atom is 0.149 e. The molecule has 19 heavy (non-hydrogen) atoms. The summed E-state index contributed by atoms with van der Waals surface area (Å²) in [5, 5.41) is 3.77. The fourth-order valence-corrected chi connectivity index (χ4v) is 2.28. The number of hydrogen-bond acceptors (Lipinski definition) is 4. The van der Waals surface area contributed by atoms with E-state index >= 15 is 0 Å². The average Bonchev–Trinajstić information content (AvgIpc) is 2.88. The molecule has 1 aliphatic heterocycles. The van der Waals surface area contributed by atoms with Gasteiger partial charge in [0.1, 0.15) is 17.9 Å². The first-order chi connectivity index (χ1) is 9.31. The molecule has 1 unspecified atom stereocenters. The standard InChI is InChI=1S/C13H15ClN4O/c14-10-4-5-15-11(7-10)17-12-8-18(9-16-12)13-3-1-2-6-19-13/h4-5,7-9,13H,1-3,6H2,(H,15,17). The van der Waals surface area contributed by atoms with Gasteiger partial charge < -0.3 is 14.6 Å². The van der Waals surface area contributed by atoms with Crippen LogP contribution in [-0.4, -0.2) is 21.1 Å². The largest absolute Gasteiger partial charge is 0.358 e.